The van der Waals surface area contributed by atoms with Crippen LogP contribution in [0.1, 0.15) is 132 Å². The first-order valence-corrected chi connectivity index (χ1v) is 19.1. The fraction of sp³-hybridized carbons (Fsp3) is 0.442. The number of rotatable bonds is 13. The molecular formula is C43H47N3O4. The Labute approximate surface area is 293 Å². The second-order valence-corrected chi connectivity index (χ2v) is 14.7. The van der Waals surface area contributed by atoms with E-state index in [1.54, 1.807) is 0 Å². The van der Waals surface area contributed by atoms with Crippen LogP contribution in [-0.2, 0) is 0 Å². The summed E-state index contributed by atoms with van der Waals surface area (Å²) >= 11 is 0. The summed E-state index contributed by atoms with van der Waals surface area (Å²) in [7, 11) is 0. The van der Waals surface area contributed by atoms with Crippen molar-refractivity contribution in [2.24, 2.45) is 0 Å². The molecule has 4 amide bonds. The van der Waals surface area contributed by atoms with E-state index in [4.69, 9.17) is 0 Å². The van der Waals surface area contributed by atoms with Gasteiger partial charge in [-0.1, -0.05) is 95.9 Å². The predicted molar refractivity (Wildman–Crippen MR) is 200 cm³/mol. The van der Waals surface area contributed by atoms with Gasteiger partial charge in [0.05, 0.1) is 0 Å². The Morgan fingerprint density at radius 3 is 1.32 bits per heavy atom. The number of carbonyl (C=O) groups is 4. The molecule has 3 aliphatic rings. The van der Waals surface area contributed by atoms with Gasteiger partial charge >= 0.3 is 0 Å². The Balaban J connectivity index is 1.10. The minimum atomic E-state index is -0.223. The zero-order chi connectivity index (χ0) is 34.5. The lowest BCUT2D eigenvalue weighted by Crippen LogP contribution is -2.51. The van der Waals surface area contributed by atoms with Crippen LogP contribution in [0.25, 0.3) is 43.1 Å². The second-order valence-electron chi connectivity index (χ2n) is 14.7. The van der Waals surface area contributed by atoms with Crippen LogP contribution in [0.4, 0.5) is 0 Å². The van der Waals surface area contributed by atoms with Crippen molar-refractivity contribution in [3.8, 4) is 0 Å². The van der Waals surface area contributed by atoms with E-state index in [2.05, 4.69) is 18.7 Å². The molecule has 0 aliphatic carbocycles. The molecule has 0 radical (unpaired) electrons. The molecule has 1 saturated heterocycles. The highest BCUT2D eigenvalue weighted by Gasteiger charge is 2.40. The molecule has 0 N–H and O–H groups in total. The second kappa shape index (κ2) is 13.4. The Bertz CT molecular complexity index is 2040. The summed E-state index contributed by atoms with van der Waals surface area (Å²) in [6.07, 6.45) is 13.5. The molecule has 5 aromatic rings. The van der Waals surface area contributed by atoms with Crippen LogP contribution < -0.4 is 0 Å². The van der Waals surface area contributed by atoms with Gasteiger partial charge in [0.1, 0.15) is 0 Å². The first-order chi connectivity index (χ1) is 24.4. The van der Waals surface area contributed by atoms with Crippen molar-refractivity contribution in [2.75, 3.05) is 26.2 Å². The van der Waals surface area contributed by atoms with E-state index < -0.39 is 0 Å². The van der Waals surface area contributed by atoms with E-state index in [1.807, 2.05) is 48.5 Å². The summed E-state index contributed by atoms with van der Waals surface area (Å²) in [5.41, 5.74) is 2.27. The minimum absolute atomic E-state index is 0.107. The number of hydrogen-bond acceptors (Lipinski definition) is 5. The van der Waals surface area contributed by atoms with Crippen LogP contribution in [0.3, 0.4) is 0 Å². The zero-order valence-corrected chi connectivity index (χ0v) is 29.5. The molecule has 5 aromatic carbocycles. The van der Waals surface area contributed by atoms with Crippen molar-refractivity contribution in [3.05, 3.63) is 70.8 Å². The van der Waals surface area contributed by atoms with E-state index in [0.29, 0.717) is 39.6 Å². The van der Waals surface area contributed by atoms with Crippen molar-refractivity contribution in [1.82, 2.24) is 14.7 Å². The zero-order valence-electron chi connectivity index (χ0n) is 29.5. The molecule has 0 atom stereocenters. The number of benzene rings is 5. The SMILES string of the molecule is CCCCCCCCCCCCN1C(=O)c2ccc3c4ccc5c6c(ccc(c7ccc(c2c37)C1=O)c64)C(=O)N(C1CCN(CC)CC1)C5=O. The van der Waals surface area contributed by atoms with Gasteiger partial charge in [-0.2, -0.15) is 0 Å². The molecule has 8 rings (SSSR count). The highest BCUT2D eigenvalue weighted by Crippen LogP contribution is 2.46. The van der Waals surface area contributed by atoms with Gasteiger partial charge in [0.15, 0.2) is 0 Å². The van der Waals surface area contributed by atoms with Crippen LogP contribution in [0.2, 0.25) is 0 Å². The molecule has 258 valence electrons. The van der Waals surface area contributed by atoms with Gasteiger partial charge in [-0.15, -0.1) is 0 Å². The Kier molecular flexibility index (Phi) is 8.80. The predicted octanol–water partition coefficient (Wildman–Crippen LogP) is 9.33. The number of amides is 4. The molecule has 0 aromatic heterocycles. The number of piperidine rings is 1. The quantitative estimate of drug-likeness (QED) is 0.0540. The van der Waals surface area contributed by atoms with E-state index >= 15 is 0 Å². The molecule has 3 aliphatic heterocycles. The summed E-state index contributed by atoms with van der Waals surface area (Å²) in [6, 6.07) is 15.3. The Morgan fingerprint density at radius 2 is 0.900 bits per heavy atom. The average Bonchev–Trinajstić information content (AvgIpc) is 3.14. The van der Waals surface area contributed by atoms with Crippen molar-refractivity contribution >= 4 is 66.7 Å². The number of carbonyl (C=O) groups excluding carboxylic acids is 4. The normalized spacial score (nSPS) is 17.2. The molecule has 0 saturated carbocycles. The number of nitrogens with zero attached hydrogens (tertiary/aromatic N) is 3. The number of imide groups is 2. The van der Waals surface area contributed by atoms with Crippen LogP contribution in [0.5, 0.6) is 0 Å². The smallest absolute Gasteiger partial charge is 0.261 e. The lowest BCUT2D eigenvalue weighted by molar-refractivity contribution is 0.0459. The molecule has 50 heavy (non-hydrogen) atoms. The van der Waals surface area contributed by atoms with Crippen molar-refractivity contribution < 1.29 is 19.2 Å². The number of hydrogen-bond donors (Lipinski definition) is 0. The van der Waals surface area contributed by atoms with E-state index in [9.17, 15) is 19.2 Å². The van der Waals surface area contributed by atoms with E-state index in [1.165, 1.54) is 54.7 Å². The maximum absolute atomic E-state index is 14.1. The summed E-state index contributed by atoms with van der Waals surface area (Å²) in [6.45, 7) is 7.55. The maximum atomic E-state index is 14.1. The third-order valence-electron chi connectivity index (χ3n) is 11.9. The molecule has 0 unspecified atom stereocenters. The van der Waals surface area contributed by atoms with Gasteiger partial charge in [-0.25, -0.2) is 0 Å². The number of fused-ring (bicyclic) bond motifs is 2. The van der Waals surface area contributed by atoms with Gasteiger partial charge in [0.25, 0.3) is 23.6 Å². The summed E-state index contributed by atoms with van der Waals surface area (Å²) in [5.74, 6) is -0.870. The maximum Gasteiger partial charge on any atom is 0.261 e. The van der Waals surface area contributed by atoms with Crippen molar-refractivity contribution in [1.29, 1.82) is 0 Å². The van der Waals surface area contributed by atoms with Gasteiger partial charge in [-0.3, -0.25) is 29.0 Å². The standard InChI is InChI=1S/C43H47N3O4/c1-3-5-6-7-8-9-10-11-12-13-24-45-40(47)32-18-14-28-30-16-20-34-39-35(43(50)46(42(34)49)27-22-25-44(4-2)26-23-27)21-17-31(37(30)39)29-15-19-33(41(45)48)38(32)36(28)29/h14-21,27H,3-13,22-26H2,1-2H3. The van der Waals surface area contributed by atoms with Crippen LogP contribution in [0, 0.1) is 0 Å². The molecule has 7 nitrogen and oxygen atoms in total. The highest BCUT2D eigenvalue weighted by molar-refractivity contribution is 6.41. The van der Waals surface area contributed by atoms with Crippen LogP contribution >= 0.6 is 0 Å². The van der Waals surface area contributed by atoms with Crippen molar-refractivity contribution in [2.45, 2.75) is 96.9 Å². The van der Waals surface area contributed by atoms with E-state index in [-0.39, 0.29) is 29.7 Å². The molecule has 3 heterocycles. The summed E-state index contributed by atoms with van der Waals surface area (Å²) in [5, 5.41) is 6.92. The van der Waals surface area contributed by atoms with Gasteiger partial charge in [0, 0.05) is 58.7 Å². The lowest BCUT2D eigenvalue weighted by atomic mass is 9.82. The number of likely N-dealkylation sites (tertiary alicyclic amines) is 1. The fourth-order valence-corrected chi connectivity index (χ4v) is 9.12. The third-order valence-corrected chi connectivity index (χ3v) is 11.9. The Morgan fingerprint density at radius 1 is 0.500 bits per heavy atom. The monoisotopic (exact) mass is 669 g/mol. The lowest BCUT2D eigenvalue weighted by Gasteiger charge is -2.39. The average molecular weight is 670 g/mol. The van der Waals surface area contributed by atoms with Gasteiger partial charge < -0.3 is 4.90 Å². The molecule has 1 fully saturated rings. The van der Waals surface area contributed by atoms with Gasteiger partial charge in [-0.05, 0) is 82.4 Å². The first-order valence-electron chi connectivity index (χ1n) is 19.1. The minimum Gasteiger partial charge on any atom is -0.303 e. The Hall–Kier alpha value is -4.36. The van der Waals surface area contributed by atoms with Crippen molar-refractivity contribution in [3.63, 3.8) is 0 Å². The topological polar surface area (TPSA) is 78.0 Å². The van der Waals surface area contributed by atoms with E-state index in [0.717, 1.165) is 84.1 Å². The molecule has 0 bridgehead atoms. The largest absolute Gasteiger partial charge is 0.303 e. The molecule has 0 spiro atoms. The first kappa shape index (κ1) is 32.8. The summed E-state index contributed by atoms with van der Waals surface area (Å²) < 4.78 is 0. The fourth-order valence-electron chi connectivity index (χ4n) is 9.12. The van der Waals surface area contributed by atoms with Crippen LogP contribution in [-0.4, -0.2) is 70.5 Å². The molecular weight excluding hydrogens is 622 g/mol. The van der Waals surface area contributed by atoms with Crippen LogP contribution in [0.15, 0.2) is 48.5 Å². The summed E-state index contributed by atoms with van der Waals surface area (Å²) in [4.78, 5) is 61.3. The molecule has 7 heteroatoms. The van der Waals surface area contributed by atoms with Gasteiger partial charge in [0.2, 0.25) is 0 Å². The number of unbranched alkanes of at least 4 members (excludes halogenated alkanes) is 9. The highest BCUT2D eigenvalue weighted by atomic mass is 16.2. The third kappa shape index (κ3) is 5.19.